The van der Waals surface area contributed by atoms with Gasteiger partial charge in [0.05, 0.1) is 25.7 Å². The van der Waals surface area contributed by atoms with Crippen molar-refractivity contribution in [2.75, 3.05) is 19.6 Å². The first kappa shape index (κ1) is 16.7. The number of hydrogen-bond donors (Lipinski definition) is 2. The molecule has 2 N–H and O–H groups in total. The molecule has 0 saturated carbocycles. The van der Waals surface area contributed by atoms with Gasteiger partial charge in [-0.05, 0) is 25.0 Å². The van der Waals surface area contributed by atoms with Crippen molar-refractivity contribution in [2.45, 2.75) is 19.9 Å². The number of terminal acetylenes is 1. The number of nitrogens with one attached hydrogen (secondary N) is 1. The van der Waals surface area contributed by atoms with Crippen molar-refractivity contribution in [3.05, 3.63) is 35.4 Å². The van der Waals surface area contributed by atoms with E-state index in [0.717, 1.165) is 11.1 Å². The average Bonchev–Trinajstić information content (AvgIpc) is 2.38. The predicted molar refractivity (Wildman–Crippen MR) is 80.6 cm³/mol. The van der Waals surface area contributed by atoms with E-state index in [1.807, 2.05) is 38.1 Å². The van der Waals surface area contributed by atoms with Crippen LogP contribution in [0.25, 0.3) is 0 Å². The van der Waals surface area contributed by atoms with Gasteiger partial charge >= 0.3 is 5.97 Å². The number of aryl methyl sites for hydroxylation is 1. The van der Waals surface area contributed by atoms with Crippen molar-refractivity contribution in [1.82, 2.24) is 10.2 Å². The number of benzene rings is 1. The van der Waals surface area contributed by atoms with Gasteiger partial charge in [-0.1, -0.05) is 30.2 Å². The lowest BCUT2D eigenvalue weighted by Gasteiger charge is -2.20. The SMILES string of the molecule is C#CCN(CC(=O)O)CC(=O)NC(C)c1ccccc1C. The molecule has 0 aliphatic carbocycles. The van der Waals surface area contributed by atoms with Crippen LogP contribution in [0, 0.1) is 19.3 Å². The molecule has 1 amide bonds. The van der Waals surface area contributed by atoms with E-state index in [-0.39, 0.29) is 31.6 Å². The number of carbonyl (C=O) groups excluding carboxylic acids is 1. The Balaban J connectivity index is 2.61. The van der Waals surface area contributed by atoms with Crippen LogP contribution in [-0.2, 0) is 9.59 Å². The molecule has 5 nitrogen and oxygen atoms in total. The molecule has 112 valence electrons. The molecule has 0 heterocycles. The first-order chi connectivity index (χ1) is 9.93. The summed E-state index contributed by atoms with van der Waals surface area (Å²) in [5, 5.41) is 11.6. The third kappa shape index (κ3) is 5.67. The van der Waals surface area contributed by atoms with Gasteiger partial charge in [-0.3, -0.25) is 14.5 Å². The molecule has 1 unspecified atom stereocenters. The summed E-state index contributed by atoms with van der Waals surface area (Å²) >= 11 is 0. The number of rotatable bonds is 7. The van der Waals surface area contributed by atoms with Gasteiger partial charge < -0.3 is 10.4 Å². The van der Waals surface area contributed by atoms with Crippen LogP contribution in [0.1, 0.15) is 24.1 Å². The van der Waals surface area contributed by atoms with E-state index in [2.05, 4.69) is 11.2 Å². The Labute approximate surface area is 125 Å². The Morgan fingerprint density at radius 1 is 1.38 bits per heavy atom. The van der Waals surface area contributed by atoms with Crippen molar-refractivity contribution in [3.63, 3.8) is 0 Å². The largest absolute Gasteiger partial charge is 0.480 e. The van der Waals surface area contributed by atoms with Crippen LogP contribution in [0.2, 0.25) is 0 Å². The number of aliphatic carboxylic acids is 1. The van der Waals surface area contributed by atoms with Gasteiger partial charge in [0.25, 0.3) is 0 Å². The van der Waals surface area contributed by atoms with E-state index >= 15 is 0 Å². The Morgan fingerprint density at radius 2 is 2.05 bits per heavy atom. The van der Waals surface area contributed by atoms with E-state index < -0.39 is 5.97 Å². The van der Waals surface area contributed by atoms with Gasteiger partial charge in [-0.15, -0.1) is 6.42 Å². The maximum absolute atomic E-state index is 12.0. The van der Waals surface area contributed by atoms with Crippen molar-refractivity contribution >= 4 is 11.9 Å². The Kier molecular flexibility index (Phi) is 6.44. The zero-order chi connectivity index (χ0) is 15.8. The van der Waals surface area contributed by atoms with E-state index in [4.69, 9.17) is 11.5 Å². The second kappa shape index (κ2) is 8.08. The van der Waals surface area contributed by atoms with E-state index in [1.54, 1.807) is 0 Å². The fourth-order valence-corrected chi connectivity index (χ4v) is 2.13. The van der Waals surface area contributed by atoms with Gasteiger partial charge in [0.15, 0.2) is 0 Å². The van der Waals surface area contributed by atoms with Gasteiger partial charge in [-0.25, -0.2) is 0 Å². The summed E-state index contributed by atoms with van der Waals surface area (Å²) in [5.41, 5.74) is 2.13. The molecule has 1 aromatic rings. The van der Waals surface area contributed by atoms with E-state index in [0.29, 0.717) is 0 Å². The van der Waals surface area contributed by atoms with Gasteiger partial charge in [0.2, 0.25) is 5.91 Å². The van der Waals surface area contributed by atoms with Crippen molar-refractivity contribution < 1.29 is 14.7 Å². The fourth-order valence-electron chi connectivity index (χ4n) is 2.13. The molecule has 0 aliphatic heterocycles. The Hall–Kier alpha value is -2.32. The molecule has 1 atom stereocenters. The molecule has 1 aromatic carbocycles. The van der Waals surface area contributed by atoms with Crippen LogP contribution in [0.15, 0.2) is 24.3 Å². The van der Waals surface area contributed by atoms with Gasteiger partial charge in [0, 0.05) is 0 Å². The number of carboxylic acid groups (broad SMARTS) is 1. The molecular formula is C16H20N2O3. The van der Waals surface area contributed by atoms with Crippen LogP contribution >= 0.6 is 0 Å². The van der Waals surface area contributed by atoms with Gasteiger partial charge in [-0.2, -0.15) is 0 Å². The Bertz CT molecular complexity index is 549. The minimum atomic E-state index is -1.01. The number of carbonyl (C=O) groups is 2. The zero-order valence-corrected chi connectivity index (χ0v) is 12.3. The predicted octanol–water partition coefficient (Wildman–Crippen LogP) is 1.19. The molecule has 1 rings (SSSR count). The summed E-state index contributed by atoms with van der Waals surface area (Å²) in [6.45, 7) is 3.71. The molecule has 0 saturated heterocycles. The van der Waals surface area contributed by atoms with Gasteiger partial charge in [0.1, 0.15) is 0 Å². The first-order valence-electron chi connectivity index (χ1n) is 6.66. The monoisotopic (exact) mass is 288 g/mol. The van der Waals surface area contributed by atoms with Crippen LogP contribution in [-0.4, -0.2) is 41.5 Å². The number of hydrogen-bond acceptors (Lipinski definition) is 3. The maximum Gasteiger partial charge on any atom is 0.317 e. The third-order valence-corrected chi connectivity index (χ3v) is 3.07. The lowest BCUT2D eigenvalue weighted by Crippen LogP contribution is -2.40. The second-order valence-corrected chi connectivity index (χ2v) is 4.89. The summed E-state index contributed by atoms with van der Waals surface area (Å²) in [6.07, 6.45) is 5.18. The number of carboxylic acids is 1. The van der Waals surface area contributed by atoms with E-state index in [9.17, 15) is 9.59 Å². The van der Waals surface area contributed by atoms with Crippen molar-refractivity contribution in [1.29, 1.82) is 0 Å². The third-order valence-electron chi connectivity index (χ3n) is 3.07. The minimum absolute atomic E-state index is 0.0350. The standard InChI is InChI=1S/C16H20N2O3/c1-4-9-18(11-16(20)21)10-15(19)17-13(3)14-8-6-5-7-12(14)2/h1,5-8,13H,9-11H2,2-3H3,(H,17,19)(H,20,21). The van der Waals surface area contributed by atoms with Crippen LogP contribution < -0.4 is 5.32 Å². The molecule has 21 heavy (non-hydrogen) atoms. The summed E-state index contributed by atoms with van der Waals surface area (Å²) < 4.78 is 0. The highest BCUT2D eigenvalue weighted by Crippen LogP contribution is 2.16. The topological polar surface area (TPSA) is 69.6 Å². The molecule has 0 bridgehead atoms. The van der Waals surface area contributed by atoms with Crippen LogP contribution in [0.4, 0.5) is 0 Å². The summed E-state index contributed by atoms with van der Waals surface area (Å²) in [4.78, 5) is 24.1. The van der Waals surface area contributed by atoms with E-state index in [1.165, 1.54) is 4.90 Å². The Morgan fingerprint density at radius 3 is 2.62 bits per heavy atom. The highest BCUT2D eigenvalue weighted by atomic mass is 16.4. The summed E-state index contributed by atoms with van der Waals surface area (Å²) in [5.74, 6) is 1.10. The normalized spacial score (nSPS) is 11.7. The molecule has 0 radical (unpaired) electrons. The molecule has 0 spiro atoms. The summed E-state index contributed by atoms with van der Waals surface area (Å²) in [6, 6.07) is 7.65. The van der Waals surface area contributed by atoms with Crippen molar-refractivity contribution in [2.24, 2.45) is 0 Å². The average molecular weight is 288 g/mol. The highest BCUT2D eigenvalue weighted by Gasteiger charge is 2.16. The smallest absolute Gasteiger partial charge is 0.317 e. The first-order valence-corrected chi connectivity index (χ1v) is 6.66. The number of nitrogens with zero attached hydrogens (tertiary/aromatic N) is 1. The van der Waals surface area contributed by atoms with Crippen LogP contribution in [0.3, 0.4) is 0 Å². The molecule has 0 fully saturated rings. The minimum Gasteiger partial charge on any atom is -0.480 e. The van der Waals surface area contributed by atoms with Crippen molar-refractivity contribution in [3.8, 4) is 12.3 Å². The molecule has 5 heteroatoms. The number of amides is 1. The lowest BCUT2D eigenvalue weighted by molar-refractivity contribution is -0.138. The quantitative estimate of drug-likeness (QED) is 0.740. The molecular weight excluding hydrogens is 268 g/mol. The zero-order valence-electron chi connectivity index (χ0n) is 12.3. The molecule has 0 aliphatic rings. The maximum atomic E-state index is 12.0. The molecule has 0 aromatic heterocycles. The summed E-state index contributed by atoms with van der Waals surface area (Å²) in [7, 11) is 0. The lowest BCUT2D eigenvalue weighted by atomic mass is 10.0. The van der Waals surface area contributed by atoms with Crippen LogP contribution in [0.5, 0.6) is 0 Å². The fraction of sp³-hybridized carbons (Fsp3) is 0.375. The highest BCUT2D eigenvalue weighted by molar-refractivity contribution is 5.79. The second-order valence-electron chi connectivity index (χ2n) is 4.89.